The zero-order valence-corrected chi connectivity index (χ0v) is 17.0. The van der Waals surface area contributed by atoms with Gasteiger partial charge >= 0.3 is 0 Å². The van der Waals surface area contributed by atoms with E-state index in [9.17, 15) is 10.0 Å². The van der Waals surface area contributed by atoms with E-state index in [1.54, 1.807) is 12.3 Å². The van der Waals surface area contributed by atoms with Gasteiger partial charge in [0.25, 0.3) is 0 Å². The molecule has 2 saturated heterocycles. The average molecular weight is 375 g/mol. The van der Waals surface area contributed by atoms with Gasteiger partial charge in [-0.1, -0.05) is 0 Å². The van der Waals surface area contributed by atoms with Gasteiger partial charge in [0.05, 0.1) is 17.7 Å². The quantitative estimate of drug-likeness (QED) is 0.856. The van der Waals surface area contributed by atoms with E-state index in [-0.39, 0.29) is 11.8 Å². The summed E-state index contributed by atoms with van der Waals surface area (Å²) in [6.07, 6.45) is 4.52. The van der Waals surface area contributed by atoms with Crippen LogP contribution in [0.5, 0.6) is 5.75 Å². The second-order valence-electron chi connectivity index (χ2n) is 8.97. The molecule has 2 atom stereocenters. The molecule has 3 rings (SSSR count). The van der Waals surface area contributed by atoms with Crippen molar-refractivity contribution in [3.8, 4) is 5.75 Å². The Morgan fingerprint density at radius 1 is 1.33 bits per heavy atom. The molecule has 0 aliphatic carbocycles. The standard InChI is InChI=1S/C20H31N4O3/c1-19(2)11-16(20(3,4)24(19)26)18(25)22-17-9-8-15(12-21-17)27-13-14-7-6-10-23(14)5/h8-9,12,14,16H,6-7,10-11,13H2,1-5H3,(H,21,22,25)/t14-,16?/m1/s1. The molecule has 27 heavy (non-hydrogen) atoms. The van der Waals surface area contributed by atoms with Crippen molar-refractivity contribution in [1.29, 1.82) is 0 Å². The number of nitrogens with one attached hydrogen (secondary N) is 1. The summed E-state index contributed by atoms with van der Waals surface area (Å²) in [6.45, 7) is 9.16. The normalized spacial score (nSPS) is 27.6. The van der Waals surface area contributed by atoms with E-state index >= 15 is 0 Å². The molecule has 1 N–H and O–H groups in total. The lowest BCUT2D eigenvalue weighted by Gasteiger charge is -2.33. The molecule has 0 spiro atoms. The van der Waals surface area contributed by atoms with Crippen molar-refractivity contribution in [2.24, 2.45) is 5.92 Å². The Kier molecular flexibility index (Phi) is 5.47. The number of likely N-dealkylation sites (tertiary alicyclic amines) is 1. The molecule has 0 aromatic carbocycles. The molecule has 1 amide bonds. The first-order valence-electron chi connectivity index (χ1n) is 9.69. The van der Waals surface area contributed by atoms with Gasteiger partial charge in [-0.25, -0.2) is 4.98 Å². The number of carbonyl (C=O) groups is 1. The number of carbonyl (C=O) groups excluding carboxylic acids is 1. The molecule has 1 aromatic heterocycles. The zero-order chi connectivity index (χ0) is 19.8. The first-order chi connectivity index (χ1) is 12.6. The van der Waals surface area contributed by atoms with Crippen LogP contribution in [-0.4, -0.2) is 58.2 Å². The first-order valence-corrected chi connectivity index (χ1v) is 9.69. The summed E-state index contributed by atoms with van der Waals surface area (Å²) in [6, 6.07) is 4.02. The summed E-state index contributed by atoms with van der Waals surface area (Å²) in [4.78, 5) is 19.3. The molecule has 2 aliphatic rings. The number of aromatic nitrogens is 1. The topological polar surface area (TPSA) is 77.6 Å². The zero-order valence-electron chi connectivity index (χ0n) is 17.0. The Balaban J connectivity index is 1.57. The number of anilines is 1. The highest BCUT2D eigenvalue weighted by Crippen LogP contribution is 2.44. The van der Waals surface area contributed by atoms with Crippen molar-refractivity contribution in [1.82, 2.24) is 14.9 Å². The van der Waals surface area contributed by atoms with Crippen LogP contribution in [-0.2, 0) is 10.0 Å². The Labute approximate surface area is 161 Å². The van der Waals surface area contributed by atoms with E-state index in [4.69, 9.17) is 4.74 Å². The van der Waals surface area contributed by atoms with Crippen LogP contribution in [0.3, 0.4) is 0 Å². The molecule has 1 radical (unpaired) electrons. The summed E-state index contributed by atoms with van der Waals surface area (Å²) in [5.41, 5.74) is -1.30. The van der Waals surface area contributed by atoms with Gasteiger partial charge in [0.2, 0.25) is 5.91 Å². The van der Waals surface area contributed by atoms with Crippen molar-refractivity contribution in [3.05, 3.63) is 18.3 Å². The van der Waals surface area contributed by atoms with E-state index in [0.29, 0.717) is 30.6 Å². The molecule has 1 unspecified atom stereocenters. The molecule has 7 nitrogen and oxygen atoms in total. The first kappa shape index (κ1) is 20.0. The van der Waals surface area contributed by atoms with Crippen LogP contribution in [0.15, 0.2) is 18.3 Å². The van der Waals surface area contributed by atoms with E-state index < -0.39 is 11.1 Å². The minimum absolute atomic E-state index is 0.167. The molecule has 1 aromatic rings. The molecule has 149 valence electrons. The van der Waals surface area contributed by atoms with E-state index in [1.165, 1.54) is 6.42 Å². The Hall–Kier alpha value is -1.70. The van der Waals surface area contributed by atoms with Gasteiger partial charge in [-0.05, 0) is 72.7 Å². The average Bonchev–Trinajstić information content (AvgIpc) is 3.09. The maximum Gasteiger partial charge on any atom is 0.230 e. The van der Waals surface area contributed by atoms with Crippen LogP contribution in [0.1, 0.15) is 47.0 Å². The number of ether oxygens (including phenoxy) is 1. The van der Waals surface area contributed by atoms with Gasteiger partial charge < -0.3 is 15.0 Å². The third-order valence-electron chi connectivity index (χ3n) is 6.05. The minimum Gasteiger partial charge on any atom is -0.490 e. The highest BCUT2D eigenvalue weighted by molar-refractivity contribution is 5.93. The number of hydroxylamine groups is 2. The molecule has 7 heteroatoms. The number of rotatable bonds is 5. The summed E-state index contributed by atoms with van der Waals surface area (Å²) in [7, 11) is 2.12. The Bertz CT molecular complexity index is 674. The van der Waals surface area contributed by atoms with Crippen LogP contribution in [0.2, 0.25) is 0 Å². The third kappa shape index (κ3) is 4.10. The molecule has 0 saturated carbocycles. The van der Waals surface area contributed by atoms with Crippen molar-refractivity contribution in [2.75, 3.05) is 25.5 Å². The van der Waals surface area contributed by atoms with Crippen molar-refractivity contribution >= 4 is 11.7 Å². The summed E-state index contributed by atoms with van der Waals surface area (Å²) in [5.74, 6) is 0.616. The van der Waals surface area contributed by atoms with Crippen molar-refractivity contribution in [3.63, 3.8) is 0 Å². The van der Waals surface area contributed by atoms with E-state index in [1.807, 2.05) is 33.8 Å². The van der Waals surface area contributed by atoms with Crippen molar-refractivity contribution in [2.45, 2.75) is 64.1 Å². The smallest absolute Gasteiger partial charge is 0.230 e. The van der Waals surface area contributed by atoms with E-state index in [2.05, 4.69) is 22.2 Å². The highest BCUT2D eigenvalue weighted by Gasteiger charge is 2.55. The number of likely N-dealkylation sites (N-methyl/N-ethyl adjacent to an activating group) is 1. The second kappa shape index (κ2) is 7.37. The SMILES string of the molecule is CN1CCC[C@@H]1COc1ccc(NC(=O)C2CC(C)(C)N([O])C2(C)C)nc1. The van der Waals surface area contributed by atoms with Gasteiger partial charge in [-0.2, -0.15) is 0 Å². The summed E-state index contributed by atoms with van der Waals surface area (Å²) < 4.78 is 5.83. The number of pyridine rings is 1. The van der Waals surface area contributed by atoms with Gasteiger partial charge in [-0.3, -0.25) is 4.79 Å². The van der Waals surface area contributed by atoms with Crippen LogP contribution in [0.25, 0.3) is 0 Å². The summed E-state index contributed by atoms with van der Waals surface area (Å²) >= 11 is 0. The van der Waals surface area contributed by atoms with Crippen LogP contribution < -0.4 is 10.1 Å². The van der Waals surface area contributed by atoms with Crippen LogP contribution in [0.4, 0.5) is 5.82 Å². The molecule has 2 aliphatic heterocycles. The lowest BCUT2D eigenvalue weighted by Crippen LogP contribution is -2.48. The largest absolute Gasteiger partial charge is 0.490 e. The van der Waals surface area contributed by atoms with Gasteiger partial charge in [-0.15, -0.1) is 10.3 Å². The van der Waals surface area contributed by atoms with Crippen LogP contribution in [0, 0.1) is 5.92 Å². The molecule has 2 fully saturated rings. The second-order valence-corrected chi connectivity index (χ2v) is 8.97. The highest BCUT2D eigenvalue weighted by atomic mass is 16.5. The number of hydrogen-bond donors (Lipinski definition) is 1. The lowest BCUT2D eigenvalue weighted by molar-refractivity contribution is -0.247. The van der Waals surface area contributed by atoms with Crippen molar-refractivity contribution < 1.29 is 14.7 Å². The monoisotopic (exact) mass is 375 g/mol. The van der Waals surface area contributed by atoms with Gasteiger partial charge in [0, 0.05) is 11.6 Å². The molecular weight excluding hydrogens is 344 g/mol. The minimum atomic E-state index is -0.746. The predicted molar refractivity (Wildman–Crippen MR) is 103 cm³/mol. The third-order valence-corrected chi connectivity index (χ3v) is 6.05. The fraction of sp³-hybridized carbons (Fsp3) is 0.700. The Morgan fingerprint density at radius 3 is 2.59 bits per heavy atom. The van der Waals surface area contributed by atoms with Gasteiger partial charge in [0.1, 0.15) is 18.2 Å². The molecule has 0 bridgehead atoms. The predicted octanol–water partition coefficient (Wildman–Crippen LogP) is 2.72. The molecular formula is C20H31N4O3. The van der Waals surface area contributed by atoms with Gasteiger partial charge in [0.15, 0.2) is 0 Å². The van der Waals surface area contributed by atoms with E-state index in [0.717, 1.165) is 18.0 Å². The number of amides is 1. The maximum atomic E-state index is 12.7. The molecule has 3 heterocycles. The number of nitrogens with zero attached hydrogens (tertiary/aromatic N) is 3. The number of hydrogen-bond acceptors (Lipinski definition) is 5. The fourth-order valence-corrected chi connectivity index (χ4v) is 4.30. The fourth-order valence-electron chi connectivity index (χ4n) is 4.30. The summed E-state index contributed by atoms with van der Waals surface area (Å²) in [5, 5.41) is 16.4. The Morgan fingerprint density at radius 2 is 2.07 bits per heavy atom. The lowest BCUT2D eigenvalue weighted by atomic mass is 9.86. The van der Waals surface area contributed by atoms with Crippen LogP contribution >= 0.6 is 0 Å². The maximum absolute atomic E-state index is 12.7.